The van der Waals surface area contributed by atoms with Crippen LogP contribution in [0.15, 0.2) is 0 Å². The highest BCUT2D eigenvalue weighted by atomic mass is 15.0. The van der Waals surface area contributed by atoms with Crippen molar-refractivity contribution in [2.45, 2.75) is 91.5 Å². The van der Waals surface area contributed by atoms with Crippen LogP contribution in [0.4, 0.5) is 0 Å². The smallest absolute Gasteiger partial charge is 0.00684 e. The van der Waals surface area contributed by atoms with Gasteiger partial charge in [-0.25, -0.2) is 0 Å². The molecule has 1 heteroatoms. The molecule has 1 aliphatic rings. The summed E-state index contributed by atoms with van der Waals surface area (Å²) in [6, 6.07) is 0.860. The van der Waals surface area contributed by atoms with Crippen LogP contribution in [0.1, 0.15) is 85.5 Å². The Hall–Kier alpha value is -0.0400. The average Bonchev–Trinajstić information content (AvgIpc) is 3.23. The molecule has 0 heterocycles. The topological polar surface area (TPSA) is 12.0 Å². The minimum Gasteiger partial charge on any atom is -0.313 e. The third-order valence-corrected chi connectivity index (χ3v) is 5.03. The van der Waals surface area contributed by atoms with E-state index in [0.29, 0.717) is 5.41 Å². The lowest BCUT2D eigenvalue weighted by atomic mass is 9.72. The normalized spacial score (nSPS) is 19.2. The van der Waals surface area contributed by atoms with Crippen LogP contribution in [0.5, 0.6) is 0 Å². The SMILES string of the molecule is CCCCC(CC)(CNC1CC1)CC(CC)CC. The molecule has 0 aromatic rings. The lowest BCUT2D eigenvalue weighted by Crippen LogP contribution is -2.36. The van der Waals surface area contributed by atoms with Crippen molar-refractivity contribution in [3.63, 3.8) is 0 Å². The number of nitrogens with one attached hydrogen (secondary N) is 1. The maximum absolute atomic E-state index is 3.81. The summed E-state index contributed by atoms with van der Waals surface area (Å²) in [5, 5.41) is 3.81. The fourth-order valence-corrected chi connectivity index (χ4v) is 3.10. The fraction of sp³-hybridized carbons (Fsp3) is 1.00. The van der Waals surface area contributed by atoms with E-state index in [0.717, 1.165) is 12.0 Å². The first-order chi connectivity index (χ1) is 8.69. The molecule has 1 fully saturated rings. The Morgan fingerprint density at radius 3 is 2.22 bits per heavy atom. The standard InChI is InChI=1S/C17H35N/c1-5-9-12-17(8-4,13-15(6-2)7-3)14-18-16-10-11-16/h15-16,18H,5-14H2,1-4H3. The monoisotopic (exact) mass is 253 g/mol. The number of unbranched alkanes of at least 4 members (excludes halogenated alkanes) is 1. The molecule has 0 bridgehead atoms. The first-order valence-electron chi connectivity index (χ1n) is 8.43. The fourth-order valence-electron chi connectivity index (χ4n) is 3.10. The van der Waals surface area contributed by atoms with E-state index in [-0.39, 0.29) is 0 Å². The lowest BCUT2D eigenvalue weighted by molar-refractivity contribution is 0.168. The second kappa shape index (κ2) is 8.19. The molecule has 1 atom stereocenters. The Labute approximate surface area is 115 Å². The van der Waals surface area contributed by atoms with E-state index in [4.69, 9.17) is 0 Å². The van der Waals surface area contributed by atoms with Gasteiger partial charge in [-0.1, -0.05) is 53.4 Å². The van der Waals surface area contributed by atoms with Crippen LogP contribution in [0.2, 0.25) is 0 Å². The second-order valence-electron chi connectivity index (χ2n) is 6.50. The van der Waals surface area contributed by atoms with Crippen LogP contribution in [0, 0.1) is 11.3 Å². The third-order valence-electron chi connectivity index (χ3n) is 5.03. The van der Waals surface area contributed by atoms with Crippen molar-refractivity contribution in [2.75, 3.05) is 6.54 Å². The van der Waals surface area contributed by atoms with Crippen molar-refractivity contribution in [3.8, 4) is 0 Å². The molecule has 0 amide bonds. The number of hydrogen-bond acceptors (Lipinski definition) is 1. The van der Waals surface area contributed by atoms with Crippen LogP contribution in [0.3, 0.4) is 0 Å². The van der Waals surface area contributed by atoms with Gasteiger partial charge in [0.2, 0.25) is 0 Å². The van der Waals surface area contributed by atoms with Crippen LogP contribution in [-0.2, 0) is 0 Å². The Kier molecular flexibility index (Phi) is 7.29. The molecule has 1 N–H and O–H groups in total. The zero-order valence-corrected chi connectivity index (χ0v) is 13.2. The highest BCUT2D eigenvalue weighted by Crippen LogP contribution is 2.38. The molecule has 1 rings (SSSR count). The molecular formula is C17H35N. The van der Waals surface area contributed by atoms with Crippen molar-refractivity contribution in [3.05, 3.63) is 0 Å². The maximum atomic E-state index is 3.81. The van der Waals surface area contributed by atoms with E-state index in [1.54, 1.807) is 0 Å². The highest BCUT2D eigenvalue weighted by Gasteiger charge is 2.32. The molecule has 1 saturated carbocycles. The zero-order chi connectivity index (χ0) is 13.4. The molecule has 0 radical (unpaired) electrons. The van der Waals surface area contributed by atoms with E-state index in [2.05, 4.69) is 33.0 Å². The quantitative estimate of drug-likeness (QED) is 0.537. The van der Waals surface area contributed by atoms with Crippen molar-refractivity contribution in [1.82, 2.24) is 5.32 Å². The summed E-state index contributed by atoms with van der Waals surface area (Å²) in [5.41, 5.74) is 0.579. The molecule has 1 aliphatic carbocycles. The van der Waals surface area contributed by atoms with Crippen LogP contribution >= 0.6 is 0 Å². The van der Waals surface area contributed by atoms with Gasteiger partial charge in [0.1, 0.15) is 0 Å². The molecule has 108 valence electrons. The predicted octanol–water partition coefficient (Wildman–Crippen LogP) is 5.15. The van der Waals surface area contributed by atoms with Gasteiger partial charge in [0, 0.05) is 12.6 Å². The first-order valence-corrected chi connectivity index (χ1v) is 8.43. The number of hydrogen-bond donors (Lipinski definition) is 1. The molecular weight excluding hydrogens is 218 g/mol. The lowest BCUT2D eigenvalue weighted by Gasteiger charge is -2.36. The van der Waals surface area contributed by atoms with E-state index in [9.17, 15) is 0 Å². The summed E-state index contributed by atoms with van der Waals surface area (Å²) in [6.07, 6.45) is 12.5. The average molecular weight is 253 g/mol. The van der Waals surface area contributed by atoms with Crippen molar-refractivity contribution in [2.24, 2.45) is 11.3 Å². The van der Waals surface area contributed by atoms with E-state index >= 15 is 0 Å². The van der Waals surface area contributed by atoms with Gasteiger partial charge in [0.05, 0.1) is 0 Å². The predicted molar refractivity (Wildman–Crippen MR) is 82.0 cm³/mol. The van der Waals surface area contributed by atoms with Gasteiger partial charge in [0.25, 0.3) is 0 Å². The summed E-state index contributed by atoms with van der Waals surface area (Å²) in [4.78, 5) is 0. The van der Waals surface area contributed by atoms with Gasteiger partial charge in [-0.05, 0) is 43.4 Å². The zero-order valence-electron chi connectivity index (χ0n) is 13.2. The molecule has 0 spiro atoms. The van der Waals surface area contributed by atoms with Gasteiger partial charge < -0.3 is 5.32 Å². The van der Waals surface area contributed by atoms with E-state index in [1.165, 1.54) is 64.3 Å². The van der Waals surface area contributed by atoms with Gasteiger partial charge in [-0.3, -0.25) is 0 Å². The summed E-state index contributed by atoms with van der Waals surface area (Å²) >= 11 is 0. The summed E-state index contributed by atoms with van der Waals surface area (Å²) in [6.45, 7) is 10.7. The van der Waals surface area contributed by atoms with Gasteiger partial charge >= 0.3 is 0 Å². The maximum Gasteiger partial charge on any atom is 0.00684 e. The summed E-state index contributed by atoms with van der Waals surface area (Å²) < 4.78 is 0. The first kappa shape index (κ1) is 16.0. The van der Waals surface area contributed by atoms with Gasteiger partial charge in [0.15, 0.2) is 0 Å². The molecule has 0 aromatic heterocycles. The summed E-state index contributed by atoms with van der Waals surface area (Å²) in [7, 11) is 0. The van der Waals surface area contributed by atoms with Crippen molar-refractivity contribution in [1.29, 1.82) is 0 Å². The van der Waals surface area contributed by atoms with Crippen LogP contribution < -0.4 is 5.32 Å². The molecule has 0 aliphatic heterocycles. The van der Waals surface area contributed by atoms with Crippen molar-refractivity contribution < 1.29 is 0 Å². The third kappa shape index (κ3) is 5.30. The highest BCUT2D eigenvalue weighted by molar-refractivity contribution is 4.88. The van der Waals surface area contributed by atoms with Crippen molar-refractivity contribution >= 4 is 0 Å². The molecule has 18 heavy (non-hydrogen) atoms. The minimum atomic E-state index is 0.579. The summed E-state index contributed by atoms with van der Waals surface area (Å²) in [5.74, 6) is 0.933. The second-order valence-corrected chi connectivity index (χ2v) is 6.50. The largest absolute Gasteiger partial charge is 0.313 e. The Morgan fingerprint density at radius 1 is 1.11 bits per heavy atom. The number of rotatable bonds is 11. The molecule has 0 aromatic carbocycles. The van der Waals surface area contributed by atoms with E-state index in [1.807, 2.05) is 0 Å². The van der Waals surface area contributed by atoms with Gasteiger partial charge in [-0.15, -0.1) is 0 Å². The van der Waals surface area contributed by atoms with Crippen LogP contribution in [0.25, 0.3) is 0 Å². The van der Waals surface area contributed by atoms with Crippen LogP contribution in [-0.4, -0.2) is 12.6 Å². The van der Waals surface area contributed by atoms with E-state index < -0.39 is 0 Å². The Morgan fingerprint density at radius 2 is 1.78 bits per heavy atom. The molecule has 1 nitrogen and oxygen atoms in total. The Balaban J connectivity index is 2.54. The Bertz CT molecular complexity index is 206. The molecule has 0 saturated heterocycles. The van der Waals surface area contributed by atoms with Gasteiger partial charge in [-0.2, -0.15) is 0 Å². The molecule has 1 unspecified atom stereocenters. The minimum absolute atomic E-state index is 0.579.